The van der Waals surface area contributed by atoms with Crippen LogP contribution >= 0.6 is 12.4 Å². The third-order valence-corrected chi connectivity index (χ3v) is 4.91. The summed E-state index contributed by atoms with van der Waals surface area (Å²) in [7, 11) is 0. The lowest BCUT2D eigenvalue weighted by atomic mass is 9.71. The minimum absolute atomic E-state index is 0. The van der Waals surface area contributed by atoms with Gasteiger partial charge in [-0.25, -0.2) is 0 Å². The van der Waals surface area contributed by atoms with Gasteiger partial charge in [0.05, 0.1) is 0 Å². The molecule has 1 saturated heterocycles. The molecule has 2 fully saturated rings. The number of piperazine rings is 1. The van der Waals surface area contributed by atoms with Gasteiger partial charge >= 0.3 is 0 Å². The van der Waals surface area contributed by atoms with Crippen molar-refractivity contribution in [3.8, 4) is 0 Å². The summed E-state index contributed by atoms with van der Waals surface area (Å²) in [5, 5.41) is 2.84. The average molecular weight is 318 g/mol. The van der Waals surface area contributed by atoms with E-state index in [-0.39, 0.29) is 35.7 Å². The van der Waals surface area contributed by atoms with Crippen molar-refractivity contribution in [2.75, 3.05) is 19.6 Å². The second-order valence-corrected chi connectivity index (χ2v) is 6.24. The fourth-order valence-corrected chi connectivity index (χ4v) is 3.60. The molecule has 0 spiro atoms. The van der Waals surface area contributed by atoms with Crippen LogP contribution in [0.1, 0.15) is 51.9 Å². The van der Waals surface area contributed by atoms with Crippen LogP contribution in [0.4, 0.5) is 0 Å². The molecular formula is C15H28ClN3O2. The van der Waals surface area contributed by atoms with Crippen molar-refractivity contribution in [2.24, 2.45) is 11.1 Å². The van der Waals surface area contributed by atoms with E-state index < -0.39 is 0 Å². The summed E-state index contributed by atoms with van der Waals surface area (Å²) in [6.07, 6.45) is 6.86. The summed E-state index contributed by atoms with van der Waals surface area (Å²) in [5.74, 6) is 0.0941. The molecule has 1 unspecified atom stereocenters. The van der Waals surface area contributed by atoms with Gasteiger partial charge in [0, 0.05) is 19.5 Å². The van der Waals surface area contributed by atoms with Gasteiger partial charge in [0.2, 0.25) is 11.8 Å². The zero-order valence-corrected chi connectivity index (χ0v) is 13.7. The molecule has 1 aliphatic carbocycles. The van der Waals surface area contributed by atoms with Gasteiger partial charge in [-0.3, -0.25) is 9.59 Å². The topological polar surface area (TPSA) is 75.4 Å². The zero-order chi connectivity index (χ0) is 14.6. The average Bonchev–Trinajstić information content (AvgIpc) is 2.47. The second-order valence-electron chi connectivity index (χ2n) is 6.24. The monoisotopic (exact) mass is 317 g/mol. The Morgan fingerprint density at radius 1 is 1.38 bits per heavy atom. The molecule has 2 rings (SSSR count). The van der Waals surface area contributed by atoms with Crippen LogP contribution in [0.3, 0.4) is 0 Å². The molecule has 6 heteroatoms. The molecule has 5 nitrogen and oxygen atoms in total. The van der Waals surface area contributed by atoms with E-state index in [9.17, 15) is 9.59 Å². The van der Waals surface area contributed by atoms with Crippen LogP contribution in [-0.4, -0.2) is 42.4 Å². The zero-order valence-electron chi connectivity index (χ0n) is 12.9. The lowest BCUT2D eigenvalue weighted by molar-refractivity contribution is -0.145. The van der Waals surface area contributed by atoms with Gasteiger partial charge in [0.1, 0.15) is 6.04 Å². The van der Waals surface area contributed by atoms with Crippen LogP contribution in [0.2, 0.25) is 0 Å². The first-order valence-electron chi connectivity index (χ1n) is 7.89. The van der Waals surface area contributed by atoms with Crippen LogP contribution < -0.4 is 11.1 Å². The van der Waals surface area contributed by atoms with Crippen LogP contribution in [0, 0.1) is 5.41 Å². The first kappa shape index (κ1) is 18.2. The Bertz CT molecular complexity index is 370. The Morgan fingerprint density at radius 2 is 2.05 bits per heavy atom. The molecule has 0 aromatic heterocycles. The molecular weight excluding hydrogens is 290 g/mol. The predicted octanol–water partition coefficient (Wildman–Crippen LogP) is 1.44. The van der Waals surface area contributed by atoms with Crippen LogP contribution in [0.25, 0.3) is 0 Å². The summed E-state index contributed by atoms with van der Waals surface area (Å²) in [6, 6.07) is -0.297. The van der Waals surface area contributed by atoms with Gasteiger partial charge in [-0.05, 0) is 31.2 Å². The molecule has 1 heterocycles. The van der Waals surface area contributed by atoms with Gasteiger partial charge in [-0.2, -0.15) is 0 Å². The van der Waals surface area contributed by atoms with E-state index in [4.69, 9.17) is 5.73 Å². The number of nitrogens with one attached hydrogen (secondary N) is 1. The highest BCUT2D eigenvalue weighted by Gasteiger charge is 2.38. The van der Waals surface area contributed by atoms with E-state index in [1.165, 1.54) is 19.3 Å². The maximum absolute atomic E-state index is 12.6. The van der Waals surface area contributed by atoms with Crippen molar-refractivity contribution >= 4 is 24.2 Å². The quantitative estimate of drug-likeness (QED) is 0.824. The molecule has 1 aliphatic heterocycles. The summed E-state index contributed by atoms with van der Waals surface area (Å²) < 4.78 is 0. The molecule has 2 aliphatic rings. The Morgan fingerprint density at radius 3 is 2.62 bits per heavy atom. The van der Waals surface area contributed by atoms with E-state index in [0.29, 0.717) is 32.5 Å². The molecule has 3 N–H and O–H groups in total. The van der Waals surface area contributed by atoms with E-state index in [1.807, 2.05) is 6.92 Å². The van der Waals surface area contributed by atoms with Crippen LogP contribution in [-0.2, 0) is 9.59 Å². The largest absolute Gasteiger partial charge is 0.353 e. The lowest BCUT2D eigenvalue weighted by Gasteiger charge is -2.40. The highest BCUT2D eigenvalue weighted by Crippen LogP contribution is 2.39. The van der Waals surface area contributed by atoms with E-state index >= 15 is 0 Å². The molecule has 21 heavy (non-hydrogen) atoms. The molecule has 0 aromatic carbocycles. The van der Waals surface area contributed by atoms with Crippen molar-refractivity contribution in [3.63, 3.8) is 0 Å². The molecule has 1 saturated carbocycles. The van der Waals surface area contributed by atoms with Crippen LogP contribution in [0.15, 0.2) is 0 Å². The fourth-order valence-electron chi connectivity index (χ4n) is 3.60. The van der Waals surface area contributed by atoms with Crippen molar-refractivity contribution < 1.29 is 9.59 Å². The van der Waals surface area contributed by atoms with Crippen LogP contribution in [0.5, 0.6) is 0 Å². The normalized spacial score (nSPS) is 25.0. The van der Waals surface area contributed by atoms with E-state index in [0.717, 1.165) is 12.8 Å². The van der Waals surface area contributed by atoms with Gasteiger partial charge in [-0.15, -0.1) is 12.4 Å². The SMILES string of the molecule is CCC1C(=O)NCCN1C(=O)CC1(CN)CCCCC1.Cl. The van der Waals surface area contributed by atoms with Crippen molar-refractivity contribution in [1.82, 2.24) is 10.2 Å². The van der Waals surface area contributed by atoms with Gasteiger partial charge in [0.15, 0.2) is 0 Å². The summed E-state index contributed by atoms with van der Waals surface area (Å²) >= 11 is 0. The molecule has 0 radical (unpaired) electrons. The smallest absolute Gasteiger partial charge is 0.242 e. The molecule has 2 amide bonds. The number of hydrogen-bond donors (Lipinski definition) is 2. The number of amides is 2. The summed E-state index contributed by atoms with van der Waals surface area (Å²) in [6.45, 7) is 3.73. The molecule has 1 atom stereocenters. The number of carbonyl (C=O) groups excluding carboxylic acids is 2. The first-order valence-corrected chi connectivity index (χ1v) is 7.89. The minimum atomic E-state index is -0.297. The number of hydrogen-bond acceptors (Lipinski definition) is 3. The number of carbonyl (C=O) groups is 2. The highest BCUT2D eigenvalue weighted by atomic mass is 35.5. The Balaban J connectivity index is 0.00000220. The highest BCUT2D eigenvalue weighted by molar-refractivity contribution is 5.89. The summed E-state index contributed by atoms with van der Waals surface area (Å²) in [5.41, 5.74) is 5.93. The van der Waals surface area contributed by atoms with Gasteiger partial charge in [0.25, 0.3) is 0 Å². The third kappa shape index (κ3) is 4.10. The van der Waals surface area contributed by atoms with Crippen molar-refractivity contribution in [2.45, 2.75) is 57.9 Å². The number of nitrogens with zero attached hydrogens (tertiary/aromatic N) is 1. The van der Waals surface area contributed by atoms with E-state index in [1.54, 1.807) is 4.90 Å². The third-order valence-electron chi connectivity index (χ3n) is 4.91. The maximum Gasteiger partial charge on any atom is 0.242 e. The Labute approximate surface area is 133 Å². The number of halogens is 1. The minimum Gasteiger partial charge on any atom is -0.353 e. The summed E-state index contributed by atoms with van der Waals surface area (Å²) in [4.78, 5) is 26.3. The lowest BCUT2D eigenvalue weighted by Crippen LogP contribution is -2.57. The van der Waals surface area contributed by atoms with Gasteiger partial charge in [-0.1, -0.05) is 26.2 Å². The standard InChI is InChI=1S/C15H27N3O2.ClH/c1-2-12-14(20)17-8-9-18(12)13(19)10-15(11-16)6-4-3-5-7-15;/h12H,2-11,16H2,1H3,(H,17,20);1H. The molecule has 0 aromatic rings. The molecule has 0 bridgehead atoms. The maximum atomic E-state index is 12.6. The number of rotatable bonds is 4. The Kier molecular flexibility index (Phi) is 6.94. The molecule has 122 valence electrons. The first-order chi connectivity index (χ1) is 9.62. The predicted molar refractivity (Wildman–Crippen MR) is 85.2 cm³/mol. The van der Waals surface area contributed by atoms with Crippen molar-refractivity contribution in [1.29, 1.82) is 0 Å². The number of nitrogens with two attached hydrogens (primary N) is 1. The Hall–Kier alpha value is -0.810. The van der Waals surface area contributed by atoms with Gasteiger partial charge < -0.3 is 16.0 Å². The van der Waals surface area contributed by atoms with Crippen molar-refractivity contribution in [3.05, 3.63) is 0 Å². The fraction of sp³-hybridized carbons (Fsp3) is 0.867. The van der Waals surface area contributed by atoms with E-state index in [2.05, 4.69) is 5.32 Å². The second kappa shape index (κ2) is 7.99.